The van der Waals surface area contributed by atoms with Gasteiger partial charge in [-0.15, -0.1) is 0 Å². The lowest BCUT2D eigenvalue weighted by atomic mass is 9.98. The summed E-state index contributed by atoms with van der Waals surface area (Å²) in [5.41, 5.74) is 3.19. The normalized spacial score (nSPS) is 10.0. The fourth-order valence-corrected chi connectivity index (χ4v) is 1.98. The lowest BCUT2D eigenvalue weighted by molar-refractivity contribution is 0.0511. The number of benzene rings is 1. The summed E-state index contributed by atoms with van der Waals surface area (Å²) in [6.07, 6.45) is 1.70. The summed E-state index contributed by atoms with van der Waals surface area (Å²) in [4.78, 5) is 4.20. The molecule has 0 amide bonds. The molecule has 0 aliphatic heterocycles. The summed E-state index contributed by atoms with van der Waals surface area (Å²) in [6, 6.07) is 9.30. The Labute approximate surface area is 123 Å². The van der Waals surface area contributed by atoms with E-state index in [0.717, 1.165) is 16.7 Å². The van der Waals surface area contributed by atoms with Crippen LogP contribution in [0, 0.1) is 18.3 Å². The van der Waals surface area contributed by atoms with Crippen LogP contribution in [0.2, 0.25) is 0 Å². The van der Waals surface area contributed by atoms with E-state index in [0.29, 0.717) is 17.2 Å². The van der Waals surface area contributed by atoms with Crippen LogP contribution in [0.4, 0.5) is 0 Å². The molecule has 1 aromatic carbocycles. The molecule has 5 heteroatoms. The first-order valence-corrected chi connectivity index (χ1v) is 6.36. The van der Waals surface area contributed by atoms with Gasteiger partial charge in [-0.1, -0.05) is 0 Å². The van der Waals surface area contributed by atoms with Gasteiger partial charge in [-0.3, -0.25) is 0 Å². The van der Waals surface area contributed by atoms with Crippen molar-refractivity contribution in [1.82, 2.24) is 4.98 Å². The SMILES string of the molecule is COCOc1ccc(C#N)c(-c2cnc(OC)cc2C)c1. The second-order valence-electron chi connectivity index (χ2n) is 4.41. The number of hydrogen-bond acceptors (Lipinski definition) is 5. The van der Waals surface area contributed by atoms with Gasteiger partial charge in [0.1, 0.15) is 5.75 Å². The van der Waals surface area contributed by atoms with Crippen molar-refractivity contribution >= 4 is 0 Å². The van der Waals surface area contributed by atoms with Crippen molar-refractivity contribution in [2.24, 2.45) is 0 Å². The van der Waals surface area contributed by atoms with Gasteiger partial charge in [0.2, 0.25) is 5.88 Å². The van der Waals surface area contributed by atoms with E-state index in [-0.39, 0.29) is 6.79 Å². The van der Waals surface area contributed by atoms with Crippen molar-refractivity contribution in [3.05, 3.63) is 41.6 Å². The Bertz CT molecular complexity index is 678. The zero-order valence-corrected chi connectivity index (χ0v) is 12.2. The first-order chi connectivity index (χ1) is 10.2. The molecule has 21 heavy (non-hydrogen) atoms. The van der Waals surface area contributed by atoms with Gasteiger partial charge in [0.15, 0.2) is 6.79 Å². The Balaban J connectivity index is 2.48. The molecular formula is C16H16N2O3. The van der Waals surface area contributed by atoms with Gasteiger partial charge in [0.05, 0.1) is 18.7 Å². The van der Waals surface area contributed by atoms with E-state index in [1.54, 1.807) is 32.5 Å². The summed E-state index contributed by atoms with van der Waals surface area (Å²) in [6.45, 7) is 2.11. The summed E-state index contributed by atoms with van der Waals surface area (Å²) >= 11 is 0. The number of rotatable bonds is 5. The van der Waals surface area contributed by atoms with Crippen LogP contribution in [-0.2, 0) is 4.74 Å². The number of nitrogens with zero attached hydrogens (tertiary/aromatic N) is 2. The van der Waals surface area contributed by atoms with E-state index in [1.165, 1.54) is 0 Å². The lowest BCUT2D eigenvalue weighted by Crippen LogP contribution is -2.00. The second-order valence-corrected chi connectivity index (χ2v) is 4.41. The van der Waals surface area contributed by atoms with Crippen LogP contribution in [-0.4, -0.2) is 26.0 Å². The minimum absolute atomic E-state index is 0.158. The Morgan fingerprint density at radius 1 is 1.19 bits per heavy atom. The first kappa shape index (κ1) is 14.8. The summed E-state index contributed by atoms with van der Waals surface area (Å²) in [5.74, 6) is 1.18. The number of hydrogen-bond donors (Lipinski definition) is 0. The molecule has 0 unspecified atom stereocenters. The summed E-state index contributed by atoms with van der Waals surface area (Å²) < 4.78 is 15.4. The summed E-state index contributed by atoms with van der Waals surface area (Å²) in [5, 5.41) is 9.28. The van der Waals surface area contributed by atoms with E-state index >= 15 is 0 Å². The molecule has 0 spiro atoms. The molecule has 0 fully saturated rings. The zero-order chi connectivity index (χ0) is 15.2. The quantitative estimate of drug-likeness (QED) is 0.790. The standard InChI is InChI=1S/C16H16N2O3/c1-11-6-16(20-3)18-9-15(11)14-7-13(21-10-19-2)5-4-12(14)8-17/h4-7,9H,10H2,1-3H3. The third kappa shape index (κ3) is 3.30. The van der Waals surface area contributed by atoms with Crippen LogP contribution in [0.25, 0.3) is 11.1 Å². The Hall–Kier alpha value is -2.58. The van der Waals surface area contributed by atoms with Gasteiger partial charge in [-0.05, 0) is 30.7 Å². The van der Waals surface area contributed by atoms with Crippen molar-refractivity contribution in [2.75, 3.05) is 21.0 Å². The molecule has 0 bridgehead atoms. The maximum Gasteiger partial charge on any atom is 0.213 e. The van der Waals surface area contributed by atoms with Gasteiger partial charge < -0.3 is 14.2 Å². The molecule has 2 rings (SSSR count). The lowest BCUT2D eigenvalue weighted by Gasteiger charge is -2.11. The number of aryl methyl sites for hydroxylation is 1. The van der Waals surface area contributed by atoms with Gasteiger partial charge in [0.25, 0.3) is 0 Å². The number of nitriles is 1. The maximum atomic E-state index is 9.28. The molecule has 108 valence electrons. The van der Waals surface area contributed by atoms with E-state index in [1.807, 2.05) is 19.1 Å². The fraction of sp³-hybridized carbons (Fsp3) is 0.250. The molecule has 0 aliphatic rings. The molecule has 0 aliphatic carbocycles. The molecule has 0 N–H and O–H groups in total. The van der Waals surface area contributed by atoms with Gasteiger partial charge >= 0.3 is 0 Å². The highest BCUT2D eigenvalue weighted by Crippen LogP contribution is 2.31. The molecule has 2 aromatic rings. The molecule has 5 nitrogen and oxygen atoms in total. The monoisotopic (exact) mass is 284 g/mol. The molecular weight excluding hydrogens is 268 g/mol. The minimum Gasteiger partial charge on any atom is -0.481 e. The highest BCUT2D eigenvalue weighted by molar-refractivity contribution is 5.74. The van der Waals surface area contributed by atoms with E-state index in [4.69, 9.17) is 14.2 Å². The highest BCUT2D eigenvalue weighted by atomic mass is 16.7. The topological polar surface area (TPSA) is 64.4 Å². The number of ether oxygens (including phenoxy) is 3. The molecule has 0 atom stereocenters. The van der Waals surface area contributed by atoms with Crippen molar-refractivity contribution < 1.29 is 14.2 Å². The van der Waals surface area contributed by atoms with Gasteiger partial charge in [-0.2, -0.15) is 5.26 Å². The van der Waals surface area contributed by atoms with Crippen LogP contribution in [0.3, 0.4) is 0 Å². The van der Waals surface area contributed by atoms with Crippen molar-refractivity contribution in [2.45, 2.75) is 6.92 Å². The molecule has 1 aromatic heterocycles. The summed E-state index contributed by atoms with van der Waals surface area (Å²) in [7, 11) is 3.13. The zero-order valence-electron chi connectivity index (χ0n) is 12.2. The Kier molecular flexibility index (Phi) is 4.75. The van der Waals surface area contributed by atoms with Crippen LogP contribution >= 0.6 is 0 Å². The molecule has 1 heterocycles. The highest BCUT2D eigenvalue weighted by Gasteiger charge is 2.11. The maximum absolute atomic E-state index is 9.28. The van der Waals surface area contributed by atoms with Crippen LogP contribution < -0.4 is 9.47 Å². The number of methoxy groups -OCH3 is 2. The van der Waals surface area contributed by atoms with E-state index in [9.17, 15) is 5.26 Å². The third-order valence-corrected chi connectivity index (χ3v) is 3.04. The van der Waals surface area contributed by atoms with Crippen LogP contribution in [0.1, 0.15) is 11.1 Å². The van der Waals surface area contributed by atoms with Crippen LogP contribution in [0.5, 0.6) is 11.6 Å². The Morgan fingerprint density at radius 2 is 2.00 bits per heavy atom. The predicted molar refractivity (Wildman–Crippen MR) is 78.2 cm³/mol. The van der Waals surface area contributed by atoms with E-state index in [2.05, 4.69) is 11.1 Å². The Morgan fingerprint density at radius 3 is 2.62 bits per heavy atom. The molecule has 0 saturated heterocycles. The minimum atomic E-state index is 0.158. The van der Waals surface area contributed by atoms with Crippen LogP contribution in [0.15, 0.2) is 30.5 Å². The smallest absolute Gasteiger partial charge is 0.213 e. The van der Waals surface area contributed by atoms with Crippen molar-refractivity contribution in [3.63, 3.8) is 0 Å². The predicted octanol–water partition coefficient (Wildman–Crippen LogP) is 2.92. The average Bonchev–Trinajstić information content (AvgIpc) is 2.52. The molecule has 0 radical (unpaired) electrons. The number of pyridine rings is 1. The van der Waals surface area contributed by atoms with Gasteiger partial charge in [0, 0.05) is 30.5 Å². The van der Waals surface area contributed by atoms with Crippen molar-refractivity contribution in [1.29, 1.82) is 5.26 Å². The fourth-order valence-electron chi connectivity index (χ4n) is 1.98. The van der Waals surface area contributed by atoms with E-state index < -0.39 is 0 Å². The van der Waals surface area contributed by atoms with Crippen molar-refractivity contribution in [3.8, 4) is 28.8 Å². The number of aromatic nitrogens is 1. The average molecular weight is 284 g/mol. The van der Waals surface area contributed by atoms with Gasteiger partial charge in [-0.25, -0.2) is 4.98 Å². The third-order valence-electron chi connectivity index (χ3n) is 3.04. The molecule has 0 saturated carbocycles. The second kappa shape index (κ2) is 6.73. The largest absolute Gasteiger partial charge is 0.481 e. The first-order valence-electron chi connectivity index (χ1n) is 6.36.